The highest BCUT2D eigenvalue weighted by Crippen LogP contribution is 2.65. The highest BCUT2D eigenvalue weighted by atomic mass is 16.6. The summed E-state index contributed by atoms with van der Waals surface area (Å²) >= 11 is 0. The Morgan fingerprint density at radius 2 is 1.76 bits per heavy atom. The first-order valence-corrected chi connectivity index (χ1v) is 14.1. The van der Waals surface area contributed by atoms with Gasteiger partial charge in [-0.2, -0.15) is 0 Å². The van der Waals surface area contributed by atoms with E-state index < -0.39 is 52.7 Å². The predicted molar refractivity (Wildman–Crippen MR) is 148 cm³/mol. The number of esters is 3. The average molecular weight is 559 g/mol. The number of ether oxygens (including phenoxy) is 3. The zero-order valence-electron chi connectivity index (χ0n) is 23.7. The van der Waals surface area contributed by atoms with Crippen molar-refractivity contribution in [3.05, 3.63) is 60.4 Å². The van der Waals surface area contributed by atoms with E-state index in [9.17, 15) is 19.2 Å². The summed E-state index contributed by atoms with van der Waals surface area (Å²) in [5.41, 5.74) is -0.0429. The fourth-order valence-corrected chi connectivity index (χ4v) is 8.13. The van der Waals surface area contributed by atoms with Crippen molar-refractivity contribution in [2.45, 2.75) is 58.7 Å². The van der Waals surface area contributed by atoms with Gasteiger partial charge in [0.05, 0.1) is 25.2 Å². The summed E-state index contributed by atoms with van der Waals surface area (Å²) < 4.78 is 22.6. The molecule has 0 spiro atoms. The maximum absolute atomic E-state index is 14.1. The molecule has 0 radical (unpaired) electrons. The van der Waals surface area contributed by atoms with E-state index in [0.29, 0.717) is 25.0 Å². The topological polar surface area (TPSA) is 109 Å². The predicted octanol–water partition coefficient (Wildman–Crippen LogP) is 5.82. The number of ketones is 1. The van der Waals surface area contributed by atoms with Crippen LogP contribution >= 0.6 is 0 Å². The van der Waals surface area contributed by atoms with E-state index in [4.69, 9.17) is 18.6 Å². The molecule has 7 atom stereocenters. The molecular weight excluding hydrogens is 524 g/mol. The van der Waals surface area contributed by atoms with Crippen molar-refractivity contribution in [2.75, 3.05) is 7.11 Å². The van der Waals surface area contributed by atoms with Crippen molar-refractivity contribution in [3.63, 3.8) is 0 Å². The van der Waals surface area contributed by atoms with Gasteiger partial charge in [-0.3, -0.25) is 19.2 Å². The first-order chi connectivity index (χ1) is 19.6. The molecule has 2 aliphatic carbocycles. The van der Waals surface area contributed by atoms with Crippen molar-refractivity contribution < 1.29 is 37.8 Å². The van der Waals surface area contributed by atoms with E-state index in [1.165, 1.54) is 14.0 Å². The molecular formula is C33H34O8. The molecule has 1 aromatic heterocycles. The number of furan rings is 1. The first kappa shape index (κ1) is 27.2. The van der Waals surface area contributed by atoms with Gasteiger partial charge in [0.25, 0.3) is 0 Å². The van der Waals surface area contributed by atoms with Crippen LogP contribution in [-0.4, -0.2) is 36.9 Å². The first-order valence-electron chi connectivity index (χ1n) is 14.1. The number of hydrogen-bond donors (Lipinski definition) is 0. The van der Waals surface area contributed by atoms with Gasteiger partial charge in [-0.05, 0) is 53.0 Å². The summed E-state index contributed by atoms with van der Waals surface area (Å²) in [6, 6.07) is 15.9. The lowest BCUT2D eigenvalue weighted by atomic mass is 9.43. The molecule has 2 heterocycles. The van der Waals surface area contributed by atoms with Gasteiger partial charge < -0.3 is 18.6 Å². The SMILES string of the molecule is COC(=O)[C@@H]1C[C@H](OC(C)=O)C(=O)[C@H]2[C@@]1(C)CC[C@H]1C(=O)O[C@H](c3ccoc3-c3ccc4ccccc4c3)C[C@]21C. The van der Waals surface area contributed by atoms with Crippen LogP contribution in [-0.2, 0) is 33.4 Å². The highest BCUT2D eigenvalue weighted by Gasteiger charge is 2.68. The molecule has 6 rings (SSSR count). The van der Waals surface area contributed by atoms with Crippen molar-refractivity contribution in [3.8, 4) is 11.3 Å². The van der Waals surface area contributed by atoms with Crippen LogP contribution in [0.15, 0.2) is 59.2 Å². The number of fused-ring (bicyclic) bond motifs is 4. The molecule has 3 aliphatic rings. The monoisotopic (exact) mass is 558 g/mol. The quantitative estimate of drug-likeness (QED) is 0.291. The van der Waals surface area contributed by atoms with Gasteiger partial charge in [0.2, 0.25) is 0 Å². The number of Topliss-reactive ketones (excluding diaryl/α,β-unsaturated/α-hetero) is 1. The Morgan fingerprint density at radius 1 is 1.00 bits per heavy atom. The Kier molecular flexibility index (Phi) is 6.55. The lowest BCUT2D eigenvalue weighted by Crippen LogP contribution is -2.64. The molecule has 0 unspecified atom stereocenters. The number of carbonyl (C=O) groups is 4. The summed E-state index contributed by atoms with van der Waals surface area (Å²) in [6.45, 7) is 5.14. The number of carbonyl (C=O) groups excluding carboxylic acids is 4. The number of benzene rings is 2. The van der Waals surface area contributed by atoms with E-state index in [-0.39, 0.29) is 18.2 Å². The second kappa shape index (κ2) is 9.86. The summed E-state index contributed by atoms with van der Waals surface area (Å²) in [5, 5.41) is 2.16. The molecule has 8 heteroatoms. The van der Waals surface area contributed by atoms with Crippen molar-refractivity contribution >= 4 is 34.5 Å². The maximum Gasteiger partial charge on any atom is 0.310 e. The average Bonchev–Trinajstić information content (AvgIpc) is 3.43. The van der Waals surface area contributed by atoms with Crippen LogP contribution in [0.5, 0.6) is 0 Å². The van der Waals surface area contributed by atoms with Gasteiger partial charge >= 0.3 is 17.9 Å². The van der Waals surface area contributed by atoms with E-state index in [1.807, 2.05) is 62.4 Å². The summed E-state index contributed by atoms with van der Waals surface area (Å²) in [4.78, 5) is 52.8. The molecule has 8 nitrogen and oxygen atoms in total. The van der Waals surface area contributed by atoms with Crippen LogP contribution in [0.3, 0.4) is 0 Å². The Bertz CT molecular complexity index is 1550. The van der Waals surface area contributed by atoms with Crippen LogP contribution in [0, 0.1) is 28.6 Å². The van der Waals surface area contributed by atoms with Crippen LogP contribution < -0.4 is 0 Å². The molecule has 2 aromatic carbocycles. The summed E-state index contributed by atoms with van der Waals surface area (Å²) in [7, 11) is 1.33. The third-order valence-corrected chi connectivity index (χ3v) is 9.95. The molecule has 3 aromatic rings. The van der Waals surface area contributed by atoms with Gasteiger partial charge in [0, 0.05) is 30.4 Å². The van der Waals surface area contributed by atoms with E-state index in [0.717, 1.165) is 21.9 Å². The Labute approximate surface area is 238 Å². The van der Waals surface area contributed by atoms with E-state index in [2.05, 4.69) is 0 Å². The molecule has 2 saturated carbocycles. The minimum Gasteiger partial charge on any atom is -0.469 e. The number of methoxy groups -OCH3 is 1. The molecule has 0 amide bonds. The Balaban J connectivity index is 1.41. The fourth-order valence-electron chi connectivity index (χ4n) is 8.13. The van der Waals surface area contributed by atoms with E-state index in [1.54, 1.807) is 6.26 Å². The van der Waals surface area contributed by atoms with E-state index >= 15 is 0 Å². The minimum absolute atomic E-state index is 0.0700. The fraction of sp³-hybridized carbons (Fsp3) is 0.455. The minimum atomic E-state index is -1.08. The van der Waals surface area contributed by atoms with Gasteiger partial charge in [0.1, 0.15) is 11.9 Å². The van der Waals surface area contributed by atoms with Gasteiger partial charge in [-0.15, -0.1) is 0 Å². The van der Waals surface area contributed by atoms with Crippen LogP contribution in [0.1, 0.15) is 58.1 Å². The second-order valence-electron chi connectivity index (χ2n) is 12.2. The maximum atomic E-state index is 14.1. The van der Waals surface area contributed by atoms with Crippen LogP contribution in [0.4, 0.5) is 0 Å². The standard InChI is InChI=1S/C33H34O8/c1-18(34)40-25-16-24(30(36)38-4)32(2)13-11-23-31(37)41-26(17-33(23,3)29(32)27(25)35)22-12-14-39-28(22)21-10-9-19-7-5-6-8-20(19)15-21/h5-10,12,14-15,23-26,29H,11,13,16-17H2,1-4H3/t23-,24-,25-,26-,29-,32-,33-/m0/s1. The van der Waals surface area contributed by atoms with Crippen LogP contribution in [0.2, 0.25) is 0 Å². The smallest absolute Gasteiger partial charge is 0.310 e. The third-order valence-electron chi connectivity index (χ3n) is 9.95. The highest BCUT2D eigenvalue weighted by molar-refractivity contribution is 5.93. The lowest BCUT2D eigenvalue weighted by molar-refractivity contribution is -0.210. The zero-order valence-corrected chi connectivity index (χ0v) is 23.7. The third kappa shape index (κ3) is 4.26. The number of hydrogen-bond acceptors (Lipinski definition) is 8. The van der Waals surface area contributed by atoms with Crippen LogP contribution in [0.25, 0.3) is 22.1 Å². The molecule has 214 valence electrons. The normalized spacial score (nSPS) is 32.9. The summed E-state index contributed by atoms with van der Waals surface area (Å²) in [6.07, 6.45) is 1.23. The number of cyclic esters (lactones) is 1. The molecule has 41 heavy (non-hydrogen) atoms. The second-order valence-corrected chi connectivity index (χ2v) is 12.2. The molecule has 1 aliphatic heterocycles. The Morgan fingerprint density at radius 3 is 2.49 bits per heavy atom. The van der Waals surface area contributed by atoms with Gasteiger partial charge in [-0.25, -0.2) is 0 Å². The molecule has 0 bridgehead atoms. The van der Waals surface area contributed by atoms with Crippen molar-refractivity contribution in [1.82, 2.24) is 0 Å². The van der Waals surface area contributed by atoms with Crippen molar-refractivity contribution in [2.24, 2.45) is 28.6 Å². The lowest BCUT2D eigenvalue weighted by Gasteiger charge is -2.61. The summed E-state index contributed by atoms with van der Waals surface area (Å²) in [5.74, 6) is -2.95. The Hall–Kier alpha value is -3.94. The molecule has 3 fully saturated rings. The zero-order chi connectivity index (χ0) is 29.1. The molecule has 1 saturated heterocycles. The molecule has 0 N–H and O–H groups in total. The van der Waals surface area contributed by atoms with Crippen molar-refractivity contribution in [1.29, 1.82) is 0 Å². The largest absolute Gasteiger partial charge is 0.469 e. The van der Waals surface area contributed by atoms with Gasteiger partial charge in [0.15, 0.2) is 11.9 Å². The number of rotatable bonds is 4. The van der Waals surface area contributed by atoms with Gasteiger partial charge in [-0.1, -0.05) is 50.2 Å².